The summed E-state index contributed by atoms with van der Waals surface area (Å²) >= 11 is 0. The van der Waals surface area contributed by atoms with Gasteiger partial charge in [-0.05, 0) is 24.3 Å². The smallest absolute Gasteiger partial charge is 0.417 e. The molecule has 1 heterocycles. The number of carbonyl (C=O) groups is 3. The maximum absolute atomic E-state index is 11.8. The number of ether oxygens (including phenoxy) is 2. The molecule has 0 spiro atoms. The first kappa shape index (κ1) is 15.0. The minimum Gasteiger partial charge on any atom is -0.427 e. The van der Waals surface area contributed by atoms with Crippen LogP contribution in [0.3, 0.4) is 0 Å². The second-order valence-corrected chi connectivity index (χ2v) is 4.51. The van der Waals surface area contributed by atoms with Crippen LogP contribution in [0.4, 0.5) is 4.79 Å². The number of benzene rings is 1. The second-order valence-electron chi connectivity index (χ2n) is 4.51. The number of carbonyl (C=O) groups excluding carboxylic acids is 3. The summed E-state index contributed by atoms with van der Waals surface area (Å²) in [7, 11) is 0. The van der Waals surface area contributed by atoms with Crippen molar-refractivity contribution in [3.8, 4) is 5.75 Å². The van der Waals surface area contributed by atoms with Crippen molar-refractivity contribution in [2.24, 2.45) is 0 Å². The molecule has 1 fully saturated rings. The molecule has 0 unspecified atom stereocenters. The first-order chi connectivity index (χ1) is 10.1. The zero-order valence-corrected chi connectivity index (χ0v) is 11.6. The van der Waals surface area contributed by atoms with Crippen molar-refractivity contribution in [2.75, 3.05) is 26.2 Å². The number of esters is 2. The van der Waals surface area contributed by atoms with E-state index in [4.69, 9.17) is 9.47 Å². The van der Waals surface area contributed by atoms with Crippen molar-refractivity contribution < 1.29 is 23.9 Å². The third-order valence-electron chi connectivity index (χ3n) is 2.91. The highest BCUT2D eigenvalue weighted by atomic mass is 16.6. The Morgan fingerprint density at radius 1 is 1.10 bits per heavy atom. The number of amides is 1. The van der Waals surface area contributed by atoms with Crippen LogP contribution >= 0.6 is 0 Å². The fourth-order valence-electron chi connectivity index (χ4n) is 1.88. The number of piperazine rings is 1. The highest BCUT2D eigenvalue weighted by Gasteiger charge is 2.21. The van der Waals surface area contributed by atoms with Crippen LogP contribution in [0.25, 0.3) is 0 Å². The summed E-state index contributed by atoms with van der Waals surface area (Å²) in [5.74, 6) is -0.848. The van der Waals surface area contributed by atoms with E-state index >= 15 is 0 Å². The molecule has 0 aliphatic carbocycles. The summed E-state index contributed by atoms with van der Waals surface area (Å²) in [6.45, 7) is 3.67. The summed E-state index contributed by atoms with van der Waals surface area (Å²) in [5, 5.41) is 3.10. The van der Waals surface area contributed by atoms with Gasteiger partial charge in [-0.1, -0.05) is 0 Å². The molecule has 112 valence electrons. The summed E-state index contributed by atoms with van der Waals surface area (Å²) in [5.41, 5.74) is 0.217. The molecule has 0 bridgehead atoms. The van der Waals surface area contributed by atoms with Crippen LogP contribution in [-0.4, -0.2) is 49.1 Å². The molecule has 1 aromatic rings. The average molecular weight is 292 g/mol. The molecular formula is C14H16N2O5. The van der Waals surface area contributed by atoms with E-state index in [-0.39, 0.29) is 5.56 Å². The predicted octanol–water partition coefficient (Wildman–Crippen LogP) is 0.794. The van der Waals surface area contributed by atoms with E-state index in [1.165, 1.54) is 36.1 Å². The zero-order chi connectivity index (χ0) is 15.2. The first-order valence-electron chi connectivity index (χ1n) is 6.56. The molecule has 1 aliphatic rings. The van der Waals surface area contributed by atoms with Gasteiger partial charge in [-0.25, -0.2) is 9.59 Å². The van der Waals surface area contributed by atoms with Crippen molar-refractivity contribution in [3.63, 3.8) is 0 Å². The number of nitrogens with zero attached hydrogens (tertiary/aromatic N) is 1. The van der Waals surface area contributed by atoms with Crippen LogP contribution in [0.1, 0.15) is 17.3 Å². The molecule has 0 atom stereocenters. The molecule has 2 rings (SSSR count). The SMILES string of the molecule is CC(=O)Oc1ccc(C(=O)OC(=O)N2CCNCC2)cc1. The molecule has 7 nitrogen and oxygen atoms in total. The van der Waals surface area contributed by atoms with Crippen LogP contribution in [0.2, 0.25) is 0 Å². The van der Waals surface area contributed by atoms with Gasteiger partial charge in [-0.3, -0.25) is 4.79 Å². The third-order valence-corrected chi connectivity index (χ3v) is 2.91. The fourth-order valence-corrected chi connectivity index (χ4v) is 1.88. The first-order valence-corrected chi connectivity index (χ1v) is 6.56. The lowest BCUT2D eigenvalue weighted by Crippen LogP contribution is -2.47. The minimum absolute atomic E-state index is 0.217. The van der Waals surface area contributed by atoms with Gasteiger partial charge in [0.25, 0.3) is 0 Å². The van der Waals surface area contributed by atoms with Gasteiger partial charge in [0.2, 0.25) is 0 Å². The van der Waals surface area contributed by atoms with E-state index in [9.17, 15) is 14.4 Å². The van der Waals surface area contributed by atoms with Gasteiger partial charge in [0, 0.05) is 33.1 Å². The van der Waals surface area contributed by atoms with Crippen LogP contribution in [0.15, 0.2) is 24.3 Å². The van der Waals surface area contributed by atoms with Crippen LogP contribution in [-0.2, 0) is 9.53 Å². The average Bonchev–Trinajstić information content (AvgIpc) is 2.48. The van der Waals surface area contributed by atoms with E-state index in [2.05, 4.69) is 5.32 Å². The third kappa shape index (κ3) is 4.28. The molecule has 0 aromatic heterocycles. The standard InChI is InChI=1S/C14H16N2O5/c1-10(17)20-12-4-2-11(3-5-12)13(18)21-14(19)16-8-6-15-7-9-16/h2-5,15H,6-9H2,1H3. The highest BCUT2D eigenvalue weighted by Crippen LogP contribution is 2.13. The Morgan fingerprint density at radius 3 is 2.29 bits per heavy atom. The number of hydrogen-bond acceptors (Lipinski definition) is 6. The molecule has 0 radical (unpaired) electrons. The highest BCUT2D eigenvalue weighted by molar-refractivity contribution is 5.96. The van der Waals surface area contributed by atoms with Gasteiger partial charge in [-0.15, -0.1) is 0 Å². The van der Waals surface area contributed by atoms with E-state index in [0.29, 0.717) is 31.9 Å². The summed E-state index contributed by atoms with van der Waals surface area (Å²) < 4.78 is 9.66. The number of nitrogens with one attached hydrogen (secondary N) is 1. The van der Waals surface area contributed by atoms with Crippen LogP contribution < -0.4 is 10.1 Å². The predicted molar refractivity (Wildman–Crippen MR) is 73.0 cm³/mol. The van der Waals surface area contributed by atoms with Crippen molar-refractivity contribution >= 4 is 18.0 Å². The van der Waals surface area contributed by atoms with E-state index in [1.54, 1.807) is 0 Å². The van der Waals surface area contributed by atoms with Crippen LogP contribution in [0, 0.1) is 0 Å². The molecule has 1 aromatic carbocycles. The number of hydrogen-bond donors (Lipinski definition) is 1. The van der Waals surface area contributed by atoms with Crippen molar-refractivity contribution in [1.82, 2.24) is 10.2 Å². The molecule has 1 amide bonds. The van der Waals surface area contributed by atoms with Gasteiger partial charge in [0.15, 0.2) is 0 Å². The largest absolute Gasteiger partial charge is 0.427 e. The Kier molecular flexibility index (Phi) is 4.89. The quantitative estimate of drug-likeness (QED) is 0.493. The maximum atomic E-state index is 11.8. The Morgan fingerprint density at radius 2 is 1.71 bits per heavy atom. The van der Waals surface area contributed by atoms with E-state index in [1.807, 2.05) is 0 Å². The molecule has 7 heteroatoms. The monoisotopic (exact) mass is 292 g/mol. The lowest BCUT2D eigenvalue weighted by Gasteiger charge is -2.25. The minimum atomic E-state index is -0.729. The molecule has 0 saturated carbocycles. The maximum Gasteiger partial charge on any atom is 0.417 e. The number of rotatable bonds is 2. The normalized spacial score (nSPS) is 14.4. The van der Waals surface area contributed by atoms with Crippen molar-refractivity contribution in [3.05, 3.63) is 29.8 Å². The lowest BCUT2D eigenvalue weighted by molar-refractivity contribution is -0.131. The molecule has 1 N–H and O–H groups in total. The summed E-state index contributed by atoms with van der Waals surface area (Å²) in [6.07, 6.45) is -0.648. The Balaban J connectivity index is 1.93. The summed E-state index contributed by atoms with van der Waals surface area (Å²) in [6, 6.07) is 5.80. The fraction of sp³-hybridized carbons (Fsp3) is 0.357. The van der Waals surface area contributed by atoms with Gasteiger partial charge in [-0.2, -0.15) is 0 Å². The van der Waals surface area contributed by atoms with Crippen molar-refractivity contribution in [2.45, 2.75) is 6.92 Å². The van der Waals surface area contributed by atoms with Crippen molar-refractivity contribution in [1.29, 1.82) is 0 Å². The Bertz CT molecular complexity index is 535. The van der Waals surface area contributed by atoms with Gasteiger partial charge < -0.3 is 19.7 Å². The van der Waals surface area contributed by atoms with Gasteiger partial charge in [0.1, 0.15) is 5.75 Å². The Hall–Kier alpha value is -2.41. The lowest BCUT2D eigenvalue weighted by atomic mass is 10.2. The Labute approximate surface area is 121 Å². The van der Waals surface area contributed by atoms with E-state index in [0.717, 1.165) is 0 Å². The van der Waals surface area contributed by atoms with Crippen LogP contribution in [0.5, 0.6) is 5.75 Å². The summed E-state index contributed by atoms with van der Waals surface area (Å²) in [4.78, 5) is 35.9. The zero-order valence-electron chi connectivity index (χ0n) is 11.6. The molecule has 1 saturated heterocycles. The topological polar surface area (TPSA) is 84.9 Å². The molecular weight excluding hydrogens is 276 g/mol. The van der Waals surface area contributed by atoms with Gasteiger partial charge in [0.05, 0.1) is 5.56 Å². The second kappa shape index (κ2) is 6.85. The van der Waals surface area contributed by atoms with Gasteiger partial charge >= 0.3 is 18.0 Å². The molecule has 21 heavy (non-hydrogen) atoms. The molecule has 1 aliphatic heterocycles. The van der Waals surface area contributed by atoms with E-state index < -0.39 is 18.0 Å².